The third kappa shape index (κ3) is 2.04. The zero-order chi connectivity index (χ0) is 13.0. The van der Waals surface area contributed by atoms with E-state index in [1.807, 2.05) is 0 Å². The highest BCUT2D eigenvalue weighted by Crippen LogP contribution is 2.58. The Labute approximate surface area is 106 Å². The average molecular weight is 298 g/mol. The standard InChI is InChI=1S/C9H10Cl3F3O/c1-6(2)3-5(16)7(6,10)4-8(11,12)9(13,14)15/h3-4H2,1-2H3. The number of halogens is 6. The first-order chi connectivity index (χ1) is 6.83. The normalized spacial score (nSPS) is 30.1. The molecule has 1 aliphatic rings. The molecule has 1 rings (SSSR count). The van der Waals surface area contributed by atoms with Crippen LogP contribution in [0.4, 0.5) is 13.2 Å². The lowest BCUT2D eigenvalue weighted by molar-refractivity contribution is -0.154. The van der Waals surface area contributed by atoms with Crippen LogP contribution in [-0.2, 0) is 4.79 Å². The van der Waals surface area contributed by atoms with E-state index in [0.717, 1.165) is 0 Å². The molecule has 1 saturated carbocycles. The third-order valence-electron chi connectivity index (χ3n) is 3.00. The fraction of sp³-hybridized carbons (Fsp3) is 0.889. The summed E-state index contributed by atoms with van der Waals surface area (Å²) in [5, 5.41) is 0. The number of carbonyl (C=O) groups is 1. The van der Waals surface area contributed by atoms with Crippen LogP contribution >= 0.6 is 34.8 Å². The van der Waals surface area contributed by atoms with Gasteiger partial charge in [0, 0.05) is 12.8 Å². The van der Waals surface area contributed by atoms with E-state index in [9.17, 15) is 18.0 Å². The highest BCUT2D eigenvalue weighted by molar-refractivity contribution is 6.50. The molecule has 0 aromatic heterocycles. The molecule has 0 spiro atoms. The van der Waals surface area contributed by atoms with Crippen LogP contribution in [0.3, 0.4) is 0 Å². The molecule has 0 heterocycles. The Kier molecular flexibility index (Phi) is 3.29. The molecule has 1 unspecified atom stereocenters. The van der Waals surface area contributed by atoms with Gasteiger partial charge < -0.3 is 0 Å². The van der Waals surface area contributed by atoms with Crippen molar-refractivity contribution in [3.8, 4) is 0 Å². The number of hydrogen-bond acceptors (Lipinski definition) is 1. The fourth-order valence-corrected chi connectivity index (χ4v) is 2.57. The molecule has 0 aromatic rings. The summed E-state index contributed by atoms with van der Waals surface area (Å²) in [6, 6.07) is 0. The molecule has 0 aliphatic heterocycles. The van der Waals surface area contributed by atoms with Gasteiger partial charge in [-0.15, -0.1) is 11.6 Å². The zero-order valence-electron chi connectivity index (χ0n) is 8.59. The van der Waals surface area contributed by atoms with Gasteiger partial charge >= 0.3 is 6.18 Å². The van der Waals surface area contributed by atoms with Crippen LogP contribution in [0.25, 0.3) is 0 Å². The van der Waals surface area contributed by atoms with Gasteiger partial charge in [-0.3, -0.25) is 4.79 Å². The van der Waals surface area contributed by atoms with Gasteiger partial charge in [0.2, 0.25) is 4.33 Å². The number of hydrogen-bond donors (Lipinski definition) is 0. The van der Waals surface area contributed by atoms with E-state index in [0.29, 0.717) is 0 Å². The topological polar surface area (TPSA) is 17.1 Å². The number of Topliss-reactive ketones (excluding diaryl/α,β-unsaturated/α-hetero) is 1. The van der Waals surface area contributed by atoms with E-state index >= 15 is 0 Å². The summed E-state index contributed by atoms with van der Waals surface area (Å²) in [7, 11) is 0. The summed E-state index contributed by atoms with van der Waals surface area (Å²) < 4.78 is 34.4. The molecule has 1 nitrogen and oxygen atoms in total. The Balaban J connectivity index is 2.94. The molecule has 0 N–H and O–H groups in total. The summed E-state index contributed by atoms with van der Waals surface area (Å²) in [5.41, 5.74) is -0.730. The van der Waals surface area contributed by atoms with Gasteiger partial charge in [-0.1, -0.05) is 37.0 Å². The van der Waals surface area contributed by atoms with E-state index in [1.165, 1.54) is 0 Å². The summed E-state index contributed by atoms with van der Waals surface area (Å²) in [6.07, 6.45) is -5.51. The lowest BCUT2D eigenvalue weighted by Crippen LogP contribution is -2.61. The Bertz CT molecular complexity index is 324. The highest BCUT2D eigenvalue weighted by atomic mass is 35.5. The first kappa shape index (κ1) is 14.4. The molecular formula is C9H10Cl3F3O. The van der Waals surface area contributed by atoms with Crippen LogP contribution in [-0.4, -0.2) is 21.2 Å². The van der Waals surface area contributed by atoms with Gasteiger partial charge in [-0.05, 0) is 5.41 Å². The van der Waals surface area contributed by atoms with Crippen molar-refractivity contribution in [2.24, 2.45) is 5.41 Å². The van der Waals surface area contributed by atoms with Crippen molar-refractivity contribution in [2.75, 3.05) is 0 Å². The van der Waals surface area contributed by atoms with Crippen molar-refractivity contribution in [3.05, 3.63) is 0 Å². The van der Waals surface area contributed by atoms with Gasteiger partial charge in [0.1, 0.15) is 4.87 Å². The van der Waals surface area contributed by atoms with Gasteiger partial charge in [0.05, 0.1) is 0 Å². The van der Waals surface area contributed by atoms with Crippen molar-refractivity contribution < 1.29 is 18.0 Å². The van der Waals surface area contributed by atoms with E-state index in [2.05, 4.69) is 0 Å². The lowest BCUT2D eigenvalue weighted by Gasteiger charge is -2.51. The first-order valence-corrected chi connectivity index (χ1v) is 5.64. The maximum Gasteiger partial charge on any atom is 0.421 e. The van der Waals surface area contributed by atoms with Crippen LogP contribution in [0.2, 0.25) is 0 Å². The summed E-state index contributed by atoms with van der Waals surface area (Å²) >= 11 is 16.3. The molecule has 1 fully saturated rings. The van der Waals surface area contributed by atoms with Crippen molar-refractivity contribution >= 4 is 40.6 Å². The summed E-state index contributed by atoms with van der Waals surface area (Å²) in [5.74, 6) is -0.450. The Hall–Kier alpha value is 0.330. The number of carbonyl (C=O) groups excluding carboxylic acids is 1. The van der Waals surface area contributed by atoms with E-state index in [1.54, 1.807) is 13.8 Å². The summed E-state index contributed by atoms with van der Waals surface area (Å²) in [6.45, 7) is 3.23. The molecular weight excluding hydrogens is 287 g/mol. The number of ketones is 1. The first-order valence-electron chi connectivity index (χ1n) is 4.50. The monoisotopic (exact) mass is 296 g/mol. The highest BCUT2D eigenvalue weighted by Gasteiger charge is 2.66. The number of alkyl halides is 6. The minimum atomic E-state index is -4.82. The molecule has 1 atom stereocenters. The largest absolute Gasteiger partial charge is 0.421 e. The van der Waals surface area contributed by atoms with Gasteiger partial charge in [0.25, 0.3) is 0 Å². The van der Waals surface area contributed by atoms with Crippen LogP contribution in [0, 0.1) is 5.41 Å². The second-order valence-corrected chi connectivity index (χ2v) is 6.79. The average Bonchev–Trinajstić information content (AvgIpc) is 2.00. The minimum Gasteiger partial charge on any atom is -0.298 e. The van der Waals surface area contributed by atoms with Crippen molar-refractivity contribution in [3.63, 3.8) is 0 Å². The molecule has 7 heteroatoms. The molecule has 94 valence electrons. The van der Waals surface area contributed by atoms with Gasteiger partial charge in [-0.25, -0.2) is 0 Å². The van der Waals surface area contributed by atoms with Crippen molar-refractivity contribution in [1.29, 1.82) is 0 Å². The van der Waals surface area contributed by atoms with Crippen LogP contribution in [0.15, 0.2) is 0 Å². The second-order valence-electron chi connectivity index (χ2n) is 4.66. The molecule has 0 bridgehead atoms. The fourth-order valence-electron chi connectivity index (χ4n) is 1.70. The molecule has 0 aromatic carbocycles. The zero-order valence-corrected chi connectivity index (χ0v) is 10.9. The van der Waals surface area contributed by atoms with E-state index in [-0.39, 0.29) is 6.42 Å². The maximum absolute atomic E-state index is 12.5. The van der Waals surface area contributed by atoms with Crippen LogP contribution < -0.4 is 0 Å². The Morgan fingerprint density at radius 1 is 1.31 bits per heavy atom. The molecule has 0 amide bonds. The molecule has 16 heavy (non-hydrogen) atoms. The molecule has 1 aliphatic carbocycles. The lowest BCUT2D eigenvalue weighted by atomic mass is 9.59. The van der Waals surface area contributed by atoms with Crippen molar-refractivity contribution in [1.82, 2.24) is 0 Å². The van der Waals surface area contributed by atoms with Crippen LogP contribution in [0.1, 0.15) is 26.7 Å². The van der Waals surface area contributed by atoms with Gasteiger partial charge in [0.15, 0.2) is 5.78 Å². The SMILES string of the molecule is CC1(C)CC(=O)C1(Cl)CC(Cl)(Cl)C(F)(F)F. The minimum absolute atomic E-state index is 0.137. The quantitative estimate of drug-likeness (QED) is 0.702. The Morgan fingerprint density at radius 2 is 1.75 bits per heavy atom. The maximum atomic E-state index is 12.5. The smallest absolute Gasteiger partial charge is 0.298 e. The number of rotatable bonds is 2. The van der Waals surface area contributed by atoms with Gasteiger partial charge in [-0.2, -0.15) is 13.2 Å². The summed E-state index contributed by atoms with van der Waals surface area (Å²) in [4.78, 5) is 9.72. The predicted molar refractivity (Wildman–Crippen MR) is 57.1 cm³/mol. The van der Waals surface area contributed by atoms with Crippen molar-refractivity contribution in [2.45, 2.75) is 42.1 Å². The van der Waals surface area contributed by atoms with E-state index < -0.39 is 33.0 Å². The second kappa shape index (κ2) is 3.66. The Morgan fingerprint density at radius 3 is 2.00 bits per heavy atom. The predicted octanol–water partition coefficient (Wildman–Crippen LogP) is 4.09. The van der Waals surface area contributed by atoms with E-state index in [4.69, 9.17) is 34.8 Å². The molecule has 0 saturated heterocycles. The van der Waals surface area contributed by atoms with Crippen LogP contribution in [0.5, 0.6) is 0 Å². The molecule has 0 radical (unpaired) electrons. The third-order valence-corrected chi connectivity index (χ3v) is 4.55.